The standard InChI is InChI=1S/Ag.Cl2OS.NO3/c;1-4(2)3;2-1(3)4/q+1;;-1. The largest absolute Gasteiger partial charge is 1.00 e. The van der Waals surface area contributed by atoms with Gasteiger partial charge in [-0.25, -0.2) is 0 Å². The molecule has 0 amide bonds. The van der Waals surface area contributed by atoms with Crippen LogP contribution in [-0.2, 0) is 32.0 Å². The first-order chi connectivity index (χ1) is 3.46. The van der Waals surface area contributed by atoms with Crippen LogP contribution in [0.2, 0.25) is 0 Å². The van der Waals surface area contributed by atoms with Gasteiger partial charge in [0.15, 0.2) is 31.0 Å². The van der Waals surface area contributed by atoms with Crippen LogP contribution >= 0.6 is 21.4 Å². The summed E-state index contributed by atoms with van der Waals surface area (Å²) in [5.74, 6) is 0. The van der Waals surface area contributed by atoms with Crippen molar-refractivity contribution >= 4 is 31.0 Å². The maximum absolute atomic E-state index is 9.09. The number of hydrogen-bond acceptors (Lipinski definition) is 4. The van der Waals surface area contributed by atoms with Gasteiger partial charge in [-0.1, -0.05) is 0 Å². The van der Waals surface area contributed by atoms with E-state index in [1.54, 1.807) is 0 Å². The van der Waals surface area contributed by atoms with Crippen molar-refractivity contribution in [2.24, 2.45) is 0 Å². The van der Waals surface area contributed by atoms with Gasteiger partial charge in [0, 0.05) is 0 Å². The average Bonchev–Trinajstić information content (AvgIpc) is 1.25. The van der Waals surface area contributed by atoms with E-state index in [2.05, 4.69) is 21.4 Å². The molecule has 0 aromatic rings. The van der Waals surface area contributed by atoms with Crippen LogP contribution in [0.4, 0.5) is 0 Å². The first-order valence-corrected chi connectivity index (χ1v) is 3.83. The summed E-state index contributed by atoms with van der Waals surface area (Å²) in [7, 11) is 7.36. The Morgan fingerprint density at radius 3 is 1.33 bits per heavy atom. The van der Waals surface area contributed by atoms with Crippen molar-refractivity contribution in [2.45, 2.75) is 0 Å². The molecule has 0 unspecified atom stereocenters. The molecule has 0 N–H and O–H groups in total. The number of halogens is 2. The molecule has 0 heterocycles. The fraction of sp³-hybridized carbons (Fsp3) is 0. The maximum Gasteiger partial charge on any atom is 1.00 e. The fourth-order valence-corrected chi connectivity index (χ4v) is 0. The Morgan fingerprint density at radius 1 is 1.33 bits per heavy atom. The van der Waals surface area contributed by atoms with Gasteiger partial charge in [-0.05, 0) is 0 Å². The van der Waals surface area contributed by atoms with Crippen LogP contribution in [0.3, 0.4) is 0 Å². The number of nitrogens with zero attached hydrogens (tertiary/aromatic N) is 1. The van der Waals surface area contributed by atoms with Crippen LogP contribution in [0, 0.1) is 15.3 Å². The Hall–Kier alpha value is 0.830. The normalized spacial score (nSPS) is 6.67. The molecule has 0 rings (SSSR count). The van der Waals surface area contributed by atoms with Gasteiger partial charge < -0.3 is 19.9 Å². The van der Waals surface area contributed by atoms with E-state index >= 15 is 0 Å². The molecule has 0 bridgehead atoms. The van der Waals surface area contributed by atoms with Gasteiger partial charge in [0.05, 0.1) is 5.09 Å². The Kier molecular flexibility index (Phi) is 21.2. The third kappa shape index (κ3) is 598. The molecule has 60 valence electrons. The minimum atomic E-state index is -1.75. The van der Waals surface area contributed by atoms with Gasteiger partial charge in [-0.3, -0.25) is 0 Å². The second kappa shape index (κ2) is 11.6. The van der Waals surface area contributed by atoms with Crippen molar-refractivity contribution < 1.29 is 32.0 Å². The van der Waals surface area contributed by atoms with Crippen LogP contribution < -0.4 is 0 Å². The zero-order valence-electron chi connectivity index (χ0n) is 3.55. The van der Waals surface area contributed by atoms with E-state index in [-0.39, 0.29) is 22.4 Å². The Labute approximate surface area is 78.1 Å². The molecule has 5 nitrogen and oxygen atoms in total. The van der Waals surface area contributed by atoms with Crippen molar-refractivity contribution in [1.82, 2.24) is 0 Å². The zero-order valence-corrected chi connectivity index (χ0v) is 7.36. The molecule has 9 heavy (non-hydrogen) atoms. The van der Waals surface area contributed by atoms with Crippen LogP contribution in [0.1, 0.15) is 0 Å². The SMILES string of the molecule is O=[N+]([O-])[O-].[Ag+].[O-][S+](Cl)Cl. The number of rotatable bonds is 0. The van der Waals surface area contributed by atoms with Gasteiger partial charge in [0.25, 0.3) is 0 Å². The Balaban J connectivity index is -0.0000000720. The van der Waals surface area contributed by atoms with Crippen molar-refractivity contribution in [1.29, 1.82) is 0 Å². The summed E-state index contributed by atoms with van der Waals surface area (Å²) in [6.45, 7) is 0. The number of hydrogen-bond donors (Lipinski definition) is 0. The van der Waals surface area contributed by atoms with Crippen molar-refractivity contribution in [3.05, 3.63) is 15.3 Å². The minimum absolute atomic E-state index is 0. The zero-order chi connectivity index (χ0) is 7.15. The molecule has 0 atom stereocenters. The van der Waals surface area contributed by atoms with E-state index in [9.17, 15) is 0 Å². The molecular formula is AgCl2NO4S. The molecule has 0 aliphatic rings. The van der Waals surface area contributed by atoms with Crippen LogP contribution in [0.15, 0.2) is 0 Å². The van der Waals surface area contributed by atoms with Crippen LogP contribution in [0.5, 0.6) is 0 Å². The molecule has 9 heteroatoms. The Bertz CT molecular complexity index is 62.8. The molecule has 0 fully saturated rings. The van der Waals surface area contributed by atoms with Crippen molar-refractivity contribution in [3.63, 3.8) is 0 Å². The summed E-state index contributed by atoms with van der Waals surface area (Å²) in [4.78, 5) is 8.25. The summed E-state index contributed by atoms with van der Waals surface area (Å²) in [6.07, 6.45) is 0. The molecule has 0 aromatic heterocycles. The fourth-order valence-electron chi connectivity index (χ4n) is 0. The molecular weight excluding hydrogens is 289 g/mol. The van der Waals surface area contributed by atoms with Crippen LogP contribution in [0.25, 0.3) is 0 Å². The predicted molar refractivity (Wildman–Crippen MR) is 30.2 cm³/mol. The third-order valence-corrected chi connectivity index (χ3v) is 0. The molecule has 0 aliphatic carbocycles. The van der Waals surface area contributed by atoms with E-state index in [4.69, 9.17) is 19.9 Å². The molecule has 0 aliphatic heterocycles. The second-order valence-electron chi connectivity index (χ2n) is 0.408. The van der Waals surface area contributed by atoms with E-state index in [0.717, 1.165) is 0 Å². The molecule has 0 spiro atoms. The van der Waals surface area contributed by atoms with Crippen LogP contribution in [-0.4, -0.2) is 9.64 Å². The maximum atomic E-state index is 9.09. The van der Waals surface area contributed by atoms with Gasteiger partial charge in [-0.15, -0.1) is 0 Å². The van der Waals surface area contributed by atoms with Crippen molar-refractivity contribution in [3.8, 4) is 0 Å². The quantitative estimate of drug-likeness (QED) is 0.285. The third-order valence-electron chi connectivity index (χ3n) is 0. The summed E-state index contributed by atoms with van der Waals surface area (Å²) in [5.41, 5.74) is 0. The van der Waals surface area contributed by atoms with Gasteiger partial charge >= 0.3 is 22.4 Å². The van der Waals surface area contributed by atoms with E-state index in [0.29, 0.717) is 0 Å². The topological polar surface area (TPSA) is 89.3 Å². The Morgan fingerprint density at radius 2 is 1.33 bits per heavy atom. The summed E-state index contributed by atoms with van der Waals surface area (Å²) in [5, 5.41) is 14.8. The van der Waals surface area contributed by atoms with E-state index < -0.39 is 14.7 Å². The van der Waals surface area contributed by atoms with E-state index in [1.807, 2.05) is 0 Å². The smallest absolute Gasteiger partial charge is 0.582 e. The summed E-state index contributed by atoms with van der Waals surface area (Å²) in [6, 6.07) is 0. The summed E-state index contributed by atoms with van der Waals surface area (Å²) < 4.78 is 9.09. The average molecular weight is 289 g/mol. The first-order valence-electron chi connectivity index (χ1n) is 1.02. The molecule has 0 saturated heterocycles. The monoisotopic (exact) mass is 287 g/mol. The summed E-state index contributed by atoms with van der Waals surface area (Å²) >= 11 is 0. The molecule has 0 aromatic carbocycles. The molecule has 0 radical (unpaired) electrons. The van der Waals surface area contributed by atoms with Crippen molar-refractivity contribution in [2.75, 3.05) is 0 Å². The predicted octanol–water partition coefficient (Wildman–Crippen LogP) is 0.801. The molecule has 0 saturated carbocycles. The van der Waals surface area contributed by atoms with Gasteiger partial charge in [0.2, 0.25) is 0 Å². The first kappa shape index (κ1) is 16.4. The van der Waals surface area contributed by atoms with Gasteiger partial charge in [-0.2, -0.15) is 0 Å². The van der Waals surface area contributed by atoms with Gasteiger partial charge in [0.1, 0.15) is 0 Å². The second-order valence-corrected chi connectivity index (χ2v) is 2.93. The van der Waals surface area contributed by atoms with E-state index in [1.165, 1.54) is 0 Å². The minimum Gasteiger partial charge on any atom is -0.582 e.